The number of benzene rings is 3. The molecule has 5 nitrogen and oxygen atoms in total. The first-order chi connectivity index (χ1) is 15.6. The van der Waals surface area contributed by atoms with Crippen molar-refractivity contribution in [1.82, 2.24) is 15.1 Å². The maximum absolute atomic E-state index is 13.5. The maximum Gasteiger partial charge on any atom is 0.273 e. The highest BCUT2D eigenvalue weighted by molar-refractivity contribution is 6.35. The average Bonchev–Trinajstić information content (AvgIpc) is 3.35. The highest BCUT2D eigenvalue weighted by Crippen LogP contribution is 2.45. The van der Waals surface area contributed by atoms with Gasteiger partial charge in [-0.3, -0.25) is 9.89 Å². The molecule has 0 saturated heterocycles. The summed E-state index contributed by atoms with van der Waals surface area (Å²) in [7, 11) is 1.63. The van der Waals surface area contributed by atoms with Crippen molar-refractivity contribution in [3.63, 3.8) is 0 Å². The first-order valence-corrected chi connectivity index (χ1v) is 10.8. The molecule has 0 aliphatic carbocycles. The lowest BCUT2D eigenvalue weighted by molar-refractivity contribution is 0.0730. The van der Waals surface area contributed by atoms with E-state index in [1.807, 2.05) is 65.6 Å². The molecule has 0 fully saturated rings. The fourth-order valence-corrected chi connectivity index (χ4v) is 4.66. The SMILES string of the molecule is COc1ccc(CN2C(=O)c3[nH]nc(-c4ccccc4)c3C2c2ccc(Cl)cc2Cl)cc1. The number of amides is 1. The van der Waals surface area contributed by atoms with Crippen LogP contribution in [-0.4, -0.2) is 28.1 Å². The lowest BCUT2D eigenvalue weighted by atomic mass is 9.96. The van der Waals surface area contributed by atoms with Gasteiger partial charge >= 0.3 is 0 Å². The molecule has 1 aliphatic heterocycles. The Balaban J connectivity index is 1.64. The van der Waals surface area contributed by atoms with Crippen LogP contribution in [0.5, 0.6) is 5.75 Å². The van der Waals surface area contributed by atoms with Gasteiger partial charge in [0.25, 0.3) is 5.91 Å². The van der Waals surface area contributed by atoms with E-state index in [1.54, 1.807) is 19.2 Å². The lowest BCUT2D eigenvalue weighted by Gasteiger charge is -2.27. The molecule has 0 radical (unpaired) electrons. The van der Waals surface area contributed by atoms with E-state index in [2.05, 4.69) is 10.2 Å². The normalized spacial score (nSPS) is 15.2. The molecule has 0 saturated carbocycles. The minimum absolute atomic E-state index is 0.124. The van der Waals surface area contributed by atoms with Crippen molar-refractivity contribution in [2.75, 3.05) is 7.11 Å². The van der Waals surface area contributed by atoms with E-state index in [4.69, 9.17) is 27.9 Å². The Bertz CT molecular complexity index is 1290. The number of nitrogens with one attached hydrogen (secondary N) is 1. The van der Waals surface area contributed by atoms with Crippen LogP contribution in [0.25, 0.3) is 11.3 Å². The number of carbonyl (C=O) groups excluding carboxylic acids is 1. The van der Waals surface area contributed by atoms with Gasteiger partial charge in [0, 0.05) is 27.7 Å². The van der Waals surface area contributed by atoms with E-state index in [9.17, 15) is 4.79 Å². The van der Waals surface area contributed by atoms with E-state index < -0.39 is 6.04 Å². The van der Waals surface area contributed by atoms with Gasteiger partial charge in [0.15, 0.2) is 0 Å². The van der Waals surface area contributed by atoms with Gasteiger partial charge in [-0.15, -0.1) is 0 Å². The first-order valence-electron chi connectivity index (χ1n) is 10.1. The molecular weight excluding hydrogens is 445 g/mol. The number of nitrogens with zero attached hydrogens (tertiary/aromatic N) is 2. The Hall–Kier alpha value is -3.28. The van der Waals surface area contributed by atoms with Crippen molar-refractivity contribution in [2.45, 2.75) is 12.6 Å². The fourth-order valence-electron chi connectivity index (χ4n) is 4.15. The van der Waals surface area contributed by atoms with E-state index in [0.717, 1.165) is 33.7 Å². The van der Waals surface area contributed by atoms with Crippen LogP contribution in [0.1, 0.15) is 33.2 Å². The van der Waals surface area contributed by atoms with Gasteiger partial charge < -0.3 is 9.64 Å². The summed E-state index contributed by atoms with van der Waals surface area (Å²) in [5, 5.41) is 8.50. The number of aromatic amines is 1. The molecule has 160 valence electrons. The quantitative estimate of drug-likeness (QED) is 0.386. The number of halogens is 2. The van der Waals surface area contributed by atoms with Crippen molar-refractivity contribution in [3.05, 3.63) is 105 Å². The molecule has 1 aromatic heterocycles. The zero-order valence-electron chi connectivity index (χ0n) is 17.2. The molecule has 4 aromatic rings. The Morgan fingerprint density at radius 3 is 2.47 bits per heavy atom. The second-order valence-electron chi connectivity index (χ2n) is 7.58. The zero-order valence-corrected chi connectivity index (χ0v) is 18.7. The molecule has 1 atom stereocenters. The number of aromatic nitrogens is 2. The van der Waals surface area contributed by atoms with E-state index in [1.165, 1.54) is 0 Å². The van der Waals surface area contributed by atoms with Gasteiger partial charge in [-0.1, -0.05) is 71.7 Å². The molecular formula is C25H19Cl2N3O2. The van der Waals surface area contributed by atoms with Crippen molar-refractivity contribution < 1.29 is 9.53 Å². The number of hydrogen-bond acceptors (Lipinski definition) is 3. The summed E-state index contributed by atoms with van der Waals surface area (Å²) in [6, 6.07) is 22.5. The smallest absolute Gasteiger partial charge is 0.273 e. The second-order valence-corrected chi connectivity index (χ2v) is 8.42. The predicted molar refractivity (Wildman–Crippen MR) is 125 cm³/mol. The molecule has 0 spiro atoms. The minimum atomic E-state index is -0.404. The summed E-state index contributed by atoms with van der Waals surface area (Å²) in [4.78, 5) is 15.3. The predicted octanol–water partition coefficient (Wildman–Crippen LogP) is 6.14. The monoisotopic (exact) mass is 463 g/mol. The minimum Gasteiger partial charge on any atom is -0.497 e. The zero-order chi connectivity index (χ0) is 22.2. The topological polar surface area (TPSA) is 58.2 Å². The number of ether oxygens (including phenoxy) is 1. The molecule has 0 bridgehead atoms. The van der Waals surface area contributed by atoms with Crippen LogP contribution in [0.4, 0.5) is 0 Å². The summed E-state index contributed by atoms with van der Waals surface area (Å²) < 4.78 is 5.26. The standard InChI is InChI=1S/C25H19Cl2N3O2/c1-32-18-10-7-15(8-11-18)14-30-24(19-12-9-17(26)13-20(19)27)21-22(16-5-3-2-4-6-16)28-29-23(21)25(30)31/h2-13,24H,14H2,1H3,(H,28,29). The summed E-state index contributed by atoms with van der Waals surface area (Å²) in [5.41, 5.74) is 4.75. The molecule has 1 N–H and O–H groups in total. The van der Waals surface area contributed by atoms with E-state index >= 15 is 0 Å². The van der Waals surface area contributed by atoms with Gasteiger partial charge in [-0.25, -0.2) is 0 Å². The van der Waals surface area contributed by atoms with E-state index in [0.29, 0.717) is 22.3 Å². The molecule has 3 aromatic carbocycles. The molecule has 1 unspecified atom stereocenters. The van der Waals surface area contributed by atoms with Crippen LogP contribution in [0.2, 0.25) is 10.0 Å². The molecule has 1 amide bonds. The third-order valence-electron chi connectivity index (χ3n) is 5.68. The number of fused-ring (bicyclic) bond motifs is 1. The Kier molecular flexibility index (Phi) is 5.37. The van der Waals surface area contributed by atoms with Gasteiger partial charge in [-0.2, -0.15) is 5.10 Å². The highest BCUT2D eigenvalue weighted by atomic mass is 35.5. The molecule has 32 heavy (non-hydrogen) atoms. The van der Waals surface area contributed by atoms with Gasteiger partial charge in [-0.05, 0) is 35.4 Å². The van der Waals surface area contributed by atoms with Gasteiger partial charge in [0.2, 0.25) is 0 Å². The Labute approximate surface area is 195 Å². The van der Waals surface area contributed by atoms with Crippen molar-refractivity contribution in [3.8, 4) is 17.0 Å². The third-order valence-corrected chi connectivity index (χ3v) is 6.24. The second kappa shape index (κ2) is 8.34. The van der Waals surface area contributed by atoms with Gasteiger partial charge in [0.1, 0.15) is 11.4 Å². The number of hydrogen-bond donors (Lipinski definition) is 1. The summed E-state index contributed by atoms with van der Waals surface area (Å²) >= 11 is 12.8. The Morgan fingerprint density at radius 2 is 1.78 bits per heavy atom. The lowest BCUT2D eigenvalue weighted by Crippen LogP contribution is -2.29. The molecule has 5 rings (SSSR count). The average molecular weight is 464 g/mol. The largest absolute Gasteiger partial charge is 0.497 e. The molecule has 7 heteroatoms. The first kappa shape index (κ1) is 20.6. The van der Waals surface area contributed by atoms with Crippen LogP contribution >= 0.6 is 23.2 Å². The van der Waals surface area contributed by atoms with Crippen LogP contribution in [0.3, 0.4) is 0 Å². The number of methoxy groups -OCH3 is 1. The third kappa shape index (κ3) is 3.53. The van der Waals surface area contributed by atoms with Crippen LogP contribution in [0.15, 0.2) is 72.8 Å². The maximum atomic E-state index is 13.5. The highest BCUT2D eigenvalue weighted by Gasteiger charge is 2.42. The summed E-state index contributed by atoms with van der Waals surface area (Å²) in [6.07, 6.45) is 0. The van der Waals surface area contributed by atoms with Crippen LogP contribution < -0.4 is 4.74 Å². The fraction of sp³-hybridized carbons (Fsp3) is 0.120. The van der Waals surface area contributed by atoms with Crippen molar-refractivity contribution >= 4 is 29.1 Å². The van der Waals surface area contributed by atoms with Crippen LogP contribution in [-0.2, 0) is 6.54 Å². The van der Waals surface area contributed by atoms with Crippen molar-refractivity contribution in [2.24, 2.45) is 0 Å². The summed E-state index contributed by atoms with van der Waals surface area (Å²) in [5.74, 6) is 0.640. The number of H-pyrrole nitrogens is 1. The number of carbonyl (C=O) groups is 1. The van der Waals surface area contributed by atoms with Crippen molar-refractivity contribution in [1.29, 1.82) is 0 Å². The molecule has 2 heterocycles. The Morgan fingerprint density at radius 1 is 1.03 bits per heavy atom. The molecule has 1 aliphatic rings. The summed E-state index contributed by atoms with van der Waals surface area (Å²) in [6.45, 7) is 0.406. The van der Waals surface area contributed by atoms with E-state index in [-0.39, 0.29) is 5.91 Å². The van der Waals surface area contributed by atoms with Crippen LogP contribution in [0, 0.1) is 0 Å². The van der Waals surface area contributed by atoms with Gasteiger partial charge in [0.05, 0.1) is 18.8 Å². The number of rotatable bonds is 5.